The van der Waals surface area contributed by atoms with Crippen LogP contribution in [-0.4, -0.2) is 23.4 Å². The molecule has 1 aromatic carbocycles. The van der Waals surface area contributed by atoms with E-state index < -0.39 is 5.60 Å². The van der Waals surface area contributed by atoms with Gasteiger partial charge in [-0.05, 0) is 52.5 Å². The van der Waals surface area contributed by atoms with Crippen molar-refractivity contribution in [3.05, 3.63) is 58.7 Å². The third-order valence-corrected chi connectivity index (χ3v) is 4.56. The summed E-state index contributed by atoms with van der Waals surface area (Å²) in [5, 5.41) is 10.8. The van der Waals surface area contributed by atoms with E-state index in [2.05, 4.69) is 30.3 Å². The molecule has 1 N–H and O–H groups in total. The molecule has 1 heterocycles. The Morgan fingerprint density at radius 2 is 2.05 bits per heavy atom. The minimum absolute atomic E-state index is 0.150. The Morgan fingerprint density at radius 3 is 2.75 bits per heavy atom. The molecule has 0 bridgehead atoms. The summed E-state index contributed by atoms with van der Waals surface area (Å²) >= 11 is 0. The van der Waals surface area contributed by atoms with Crippen LogP contribution >= 0.6 is 0 Å². The Kier molecular flexibility index (Phi) is 2.53. The number of hydrogen-bond acceptors (Lipinski definition) is 2. The first-order chi connectivity index (χ1) is 9.70. The molecule has 1 aromatic rings. The van der Waals surface area contributed by atoms with Gasteiger partial charge < -0.3 is 9.84 Å². The highest BCUT2D eigenvalue weighted by Crippen LogP contribution is 2.47. The van der Waals surface area contributed by atoms with Gasteiger partial charge >= 0.3 is 0 Å². The Bertz CT molecular complexity index is 662. The fourth-order valence-electron chi connectivity index (χ4n) is 3.23. The van der Waals surface area contributed by atoms with Crippen molar-refractivity contribution in [2.75, 3.05) is 6.61 Å². The minimum atomic E-state index is -0.849. The van der Waals surface area contributed by atoms with Crippen molar-refractivity contribution in [1.82, 2.24) is 0 Å². The van der Waals surface area contributed by atoms with E-state index in [1.165, 1.54) is 16.7 Å². The molecule has 0 radical (unpaired) electrons. The summed E-state index contributed by atoms with van der Waals surface area (Å²) in [6.45, 7) is 2.84. The van der Waals surface area contributed by atoms with Crippen LogP contribution in [0.1, 0.15) is 30.9 Å². The average Bonchev–Trinajstić information content (AvgIpc) is 2.76. The Hall–Kier alpha value is -1.64. The lowest BCUT2D eigenvalue weighted by molar-refractivity contribution is -0.0258. The third-order valence-electron chi connectivity index (χ3n) is 4.56. The lowest BCUT2D eigenvalue weighted by atomic mass is 9.79. The zero-order valence-corrected chi connectivity index (χ0v) is 11.6. The Balaban J connectivity index is 1.88. The minimum Gasteiger partial charge on any atom is -0.382 e. The first-order valence-corrected chi connectivity index (χ1v) is 7.31. The van der Waals surface area contributed by atoms with Crippen molar-refractivity contribution in [1.29, 1.82) is 0 Å². The SMILES string of the molecule is CCC1(O)C=C2C(=Cc3ccccc32)C(C2CCO2)=C1. The molecule has 102 valence electrons. The maximum absolute atomic E-state index is 10.8. The standard InChI is InChI=1S/C18H18O2/c1-2-18(19)10-15-13-6-4-3-5-12(13)9-14(15)16(11-18)17-7-8-20-17/h3-6,9-11,17,19H,2,7-8H2,1H3. The van der Waals surface area contributed by atoms with E-state index in [9.17, 15) is 5.11 Å². The first-order valence-electron chi connectivity index (χ1n) is 7.31. The van der Waals surface area contributed by atoms with Crippen LogP contribution in [0.2, 0.25) is 0 Å². The molecule has 2 nitrogen and oxygen atoms in total. The second-order valence-electron chi connectivity index (χ2n) is 5.80. The van der Waals surface area contributed by atoms with Gasteiger partial charge in [0.05, 0.1) is 12.7 Å². The Morgan fingerprint density at radius 1 is 1.25 bits per heavy atom. The van der Waals surface area contributed by atoms with Crippen LogP contribution in [0.3, 0.4) is 0 Å². The second-order valence-corrected chi connectivity index (χ2v) is 5.80. The average molecular weight is 266 g/mol. The molecule has 4 rings (SSSR count). The number of hydrogen-bond donors (Lipinski definition) is 1. The number of aliphatic hydroxyl groups is 1. The second kappa shape index (κ2) is 4.18. The van der Waals surface area contributed by atoms with Gasteiger partial charge in [0.2, 0.25) is 0 Å². The summed E-state index contributed by atoms with van der Waals surface area (Å²) in [4.78, 5) is 0. The van der Waals surface area contributed by atoms with Crippen LogP contribution < -0.4 is 0 Å². The fourth-order valence-corrected chi connectivity index (χ4v) is 3.23. The molecule has 1 aliphatic heterocycles. The number of rotatable bonds is 2. The zero-order valence-electron chi connectivity index (χ0n) is 11.6. The molecule has 1 fully saturated rings. The lowest BCUT2D eigenvalue weighted by Gasteiger charge is -2.35. The van der Waals surface area contributed by atoms with Gasteiger partial charge in [0.25, 0.3) is 0 Å². The van der Waals surface area contributed by atoms with Gasteiger partial charge in [-0.15, -0.1) is 0 Å². The highest BCUT2D eigenvalue weighted by Gasteiger charge is 2.37. The maximum Gasteiger partial charge on any atom is 0.102 e. The van der Waals surface area contributed by atoms with Crippen LogP contribution in [0.15, 0.2) is 47.6 Å². The molecule has 0 spiro atoms. The molecule has 0 saturated carbocycles. The highest BCUT2D eigenvalue weighted by atomic mass is 16.5. The molecular formula is C18H18O2. The summed E-state index contributed by atoms with van der Waals surface area (Å²) in [6.07, 6.45) is 8.11. The third kappa shape index (κ3) is 1.65. The van der Waals surface area contributed by atoms with Crippen LogP contribution in [-0.2, 0) is 4.74 Å². The molecule has 3 aliphatic rings. The van der Waals surface area contributed by atoms with Crippen LogP contribution in [0.4, 0.5) is 0 Å². The van der Waals surface area contributed by atoms with Gasteiger partial charge in [-0.25, -0.2) is 0 Å². The largest absolute Gasteiger partial charge is 0.382 e. The van der Waals surface area contributed by atoms with Crippen LogP contribution in [0.25, 0.3) is 11.6 Å². The predicted molar refractivity (Wildman–Crippen MR) is 80.1 cm³/mol. The molecule has 0 amide bonds. The van der Waals surface area contributed by atoms with Crippen molar-refractivity contribution in [3.8, 4) is 0 Å². The van der Waals surface area contributed by atoms with Crippen LogP contribution in [0.5, 0.6) is 0 Å². The van der Waals surface area contributed by atoms with Crippen molar-refractivity contribution in [2.24, 2.45) is 0 Å². The van der Waals surface area contributed by atoms with Crippen molar-refractivity contribution >= 4 is 11.6 Å². The monoisotopic (exact) mass is 266 g/mol. The van der Waals surface area contributed by atoms with E-state index >= 15 is 0 Å². The van der Waals surface area contributed by atoms with Gasteiger partial charge in [-0.1, -0.05) is 31.2 Å². The first kappa shape index (κ1) is 12.1. The smallest absolute Gasteiger partial charge is 0.102 e. The predicted octanol–water partition coefficient (Wildman–Crippen LogP) is 3.34. The number of allylic oxidation sites excluding steroid dienone is 1. The molecule has 0 aromatic heterocycles. The highest BCUT2D eigenvalue weighted by molar-refractivity contribution is 6.00. The van der Waals surface area contributed by atoms with E-state index in [-0.39, 0.29) is 6.10 Å². The zero-order chi connectivity index (χ0) is 13.7. The van der Waals surface area contributed by atoms with Crippen molar-refractivity contribution in [3.63, 3.8) is 0 Å². The van der Waals surface area contributed by atoms with E-state index in [1.807, 2.05) is 19.1 Å². The number of benzene rings is 1. The quantitative estimate of drug-likeness (QED) is 0.889. The maximum atomic E-state index is 10.8. The van der Waals surface area contributed by atoms with Gasteiger partial charge in [-0.3, -0.25) is 0 Å². The van der Waals surface area contributed by atoms with E-state index in [0.29, 0.717) is 6.42 Å². The van der Waals surface area contributed by atoms with Gasteiger partial charge in [-0.2, -0.15) is 0 Å². The molecule has 1 saturated heterocycles. The Labute approximate surface area is 119 Å². The fraction of sp³-hybridized carbons (Fsp3) is 0.333. The summed E-state index contributed by atoms with van der Waals surface area (Å²) < 4.78 is 5.67. The van der Waals surface area contributed by atoms with Gasteiger partial charge in [0.15, 0.2) is 0 Å². The summed E-state index contributed by atoms with van der Waals surface area (Å²) in [5.74, 6) is 0. The van der Waals surface area contributed by atoms with Gasteiger partial charge in [0, 0.05) is 6.42 Å². The molecule has 2 aliphatic carbocycles. The molecule has 2 unspecified atom stereocenters. The molecule has 2 atom stereocenters. The van der Waals surface area contributed by atoms with Gasteiger partial charge in [0.1, 0.15) is 5.60 Å². The summed E-state index contributed by atoms with van der Waals surface area (Å²) in [7, 11) is 0. The van der Waals surface area contributed by atoms with E-state index in [1.54, 1.807) is 0 Å². The van der Waals surface area contributed by atoms with Crippen LogP contribution in [0, 0.1) is 0 Å². The summed E-state index contributed by atoms with van der Waals surface area (Å²) in [5.41, 5.74) is 5.16. The lowest BCUT2D eigenvalue weighted by Crippen LogP contribution is -2.34. The van der Waals surface area contributed by atoms with E-state index in [4.69, 9.17) is 4.74 Å². The van der Waals surface area contributed by atoms with Crippen molar-refractivity contribution < 1.29 is 9.84 Å². The normalized spacial score (nSPS) is 30.7. The summed E-state index contributed by atoms with van der Waals surface area (Å²) in [6, 6.07) is 8.37. The molecule has 2 heteroatoms. The number of ether oxygens (including phenoxy) is 1. The topological polar surface area (TPSA) is 29.5 Å². The number of fused-ring (bicyclic) bond motifs is 3. The molecule has 20 heavy (non-hydrogen) atoms. The molecular weight excluding hydrogens is 248 g/mol. The van der Waals surface area contributed by atoms with Crippen molar-refractivity contribution in [2.45, 2.75) is 31.5 Å². The van der Waals surface area contributed by atoms with E-state index in [0.717, 1.165) is 24.2 Å².